The van der Waals surface area contributed by atoms with Crippen molar-refractivity contribution < 1.29 is 24.2 Å². The van der Waals surface area contributed by atoms with Crippen molar-refractivity contribution in [2.45, 2.75) is 51.4 Å². The van der Waals surface area contributed by atoms with E-state index in [1.54, 1.807) is 51.1 Å². The van der Waals surface area contributed by atoms with Crippen LogP contribution in [0.4, 0.5) is 4.79 Å². The first-order valence-electron chi connectivity index (χ1n) is 9.80. The molecule has 1 heterocycles. The van der Waals surface area contributed by atoms with Gasteiger partial charge in [0.15, 0.2) is 6.04 Å². The quantitative estimate of drug-likeness (QED) is 0.806. The van der Waals surface area contributed by atoms with Gasteiger partial charge in [-0.25, -0.2) is 9.59 Å². The van der Waals surface area contributed by atoms with Crippen molar-refractivity contribution in [3.05, 3.63) is 71.3 Å². The number of rotatable bonds is 4. The number of benzene rings is 2. The summed E-state index contributed by atoms with van der Waals surface area (Å²) in [4.78, 5) is 39.2. The van der Waals surface area contributed by atoms with Gasteiger partial charge in [0.25, 0.3) is 0 Å². The summed E-state index contributed by atoms with van der Waals surface area (Å²) in [5.74, 6) is -1.71. The van der Waals surface area contributed by atoms with Crippen LogP contribution in [0.5, 0.6) is 0 Å². The number of nitrogens with zero attached hydrogens (tertiary/aromatic N) is 1. The zero-order chi connectivity index (χ0) is 21.9. The predicted octanol–water partition coefficient (Wildman–Crippen LogP) is 3.29. The van der Waals surface area contributed by atoms with E-state index in [0.29, 0.717) is 5.56 Å². The van der Waals surface area contributed by atoms with Crippen LogP contribution in [0.1, 0.15) is 43.5 Å². The van der Waals surface area contributed by atoms with Crippen LogP contribution in [0, 0.1) is 0 Å². The maximum atomic E-state index is 13.2. The van der Waals surface area contributed by atoms with Crippen molar-refractivity contribution in [3.63, 3.8) is 0 Å². The van der Waals surface area contributed by atoms with Gasteiger partial charge in [0, 0.05) is 6.42 Å². The van der Waals surface area contributed by atoms with Gasteiger partial charge in [-0.15, -0.1) is 0 Å². The van der Waals surface area contributed by atoms with E-state index in [1.807, 2.05) is 24.3 Å². The lowest BCUT2D eigenvalue weighted by Crippen LogP contribution is -2.54. The predicted molar refractivity (Wildman–Crippen MR) is 111 cm³/mol. The Hall–Kier alpha value is -3.35. The van der Waals surface area contributed by atoms with Gasteiger partial charge in [-0.2, -0.15) is 0 Å². The number of nitrogens with one attached hydrogen (secondary N) is 1. The first-order chi connectivity index (χ1) is 14.2. The summed E-state index contributed by atoms with van der Waals surface area (Å²) in [6.07, 6.45) is -0.328. The standard InChI is InChI=1S/C23H26N2O5/c1-23(2,3)30-22(29)25-14-17-12-8-7-11-16(17)13-18(25)20(26)24-19(21(27)28)15-9-5-4-6-10-15/h4-12,18-19H,13-14H2,1-3H3,(H,24,26)(H,27,28). The SMILES string of the molecule is CC(C)(C)OC(=O)N1Cc2ccccc2CC1C(=O)NC(C(=O)O)c1ccccc1. The highest BCUT2D eigenvalue weighted by Crippen LogP contribution is 2.26. The normalized spacial score (nSPS) is 16.9. The minimum absolute atomic E-state index is 0.215. The van der Waals surface area contributed by atoms with Crippen LogP contribution in [0.15, 0.2) is 54.6 Å². The second-order valence-electron chi connectivity index (χ2n) is 8.29. The van der Waals surface area contributed by atoms with Crippen molar-refractivity contribution in [2.24, 2.45) is 0 Å². The highest BCUT2D eigenvalue weighted by atomic mass is 16.6. The molecule has 0 saturated heterocycles. The van der Waals surface area contributed by atoms with Gasteiger partial charge in [0.05, 0.1) is 6.54 Å². The molecular formula is C23H26N2O5. The van der Waals surface area contributed by atoms with Crippen molar-refractivity contribution in [1.29, 1.82) is 0 Å². The second kappa shape index (κ2) is 8.57. The van der Waals surface area contributed by atoms with Gasteiger partial charge >= 0.3 is 12.1 Å². The summed E-state index contributed by atoms with van der Waals surface area (Å²) < 4.78 is 5.50. The van der Waals surface area contributed by atoms with Crippen LogP contribution < -0.4 is 5.32 Å². The van der Waals surface area contributed by atoms with E-state index in [0.717, 1.165) is 11.1 Å². The number of aliphatic carboxylic acids is 1. The molecule has 0 aliphatic carbocycles. The number of carboxylic acid groups (broad SMARTS) is 1. The van der Waals surface area contributed by atoms with E-state index < -0.39 is 35.7 Å². The topological polar surface area (TPSA) is 95.9 Å². The van der Waals surface area contributed by atoms with Crippen LogP contribution in [0.3, 0.4) is 0 Å². The molecule has 7 heteroatoms. The summed E-state index contributed by atoms with van der Waals surface area (Å²) in [7, 11) is 0. The Morgan fingerprint density at radius 1 is 1.03 bits per heavy atom. The molecule has 2 N–H and O–H groups in total. The fourth-order valence-electron chi connectivity index (χ4n) is 3.44. The molecule has 1 aliphatic heterocycles. The average molecular weight is 410 g/mol. The Balaban J connectivity index is 1.88. The zero-order valence-corrected chi connectivity index (χ0v) is 17.3. The summed E-state index contributed by atoms with van der Waals surface area (Å²) in [5, 5.41) is 12.2. The fourth-order valence-corrected chi connectivity index (χ4v) is 3.44. The van der Waals surface area contributed by atoms with E-state index in [4.69, 9.17) is 4.74 Å². The lowest BCUT2D eigenvalue weighted by Gasteiger charge is -2.37. The van der Waals surface area contributed by atoms with E-state index in [1.165, 1.54) is 4.90 Å². The molecule has 0 bridgehead atoms. The van der Waals surface area contributed by atoms with Crippen molar-refractivity contribution in [2.75, 3.05) is 0 Å². The van der Waals surface area contributed by atoms with Crippen LogP contribution in [-0.4, -0.2) is 39.6 Å². The molecular weight excluding hydrogens is 384 g/mol. The summed E-state index contributed by atoms with van der Waals surface area (Å²) in [6, 6.07) is 14.0. The number of hydrogen-bond acceptors (Lipinski definition) is 4. The largest absolute Gasteiger partial charge is 0.479 e. The molecule has 3 rings (SSSR count). The van der Waals surface area contributed by atoms with E-state index in [9.17, 15) is 19.5 Å². The molecule has 2 amide bonds. The van der Waals surface area contributed by atoms with Gasteiger partial charge in [0.2, 0.25) is 5.91 Å². The molecule has 158 valence electrons. The molecule has 2 atom stereocenters. The number of fused-ring (bicyclic) bond motifs is 1. The maximum Gasteiger partial charge on any atom is 0.411 e. The Kier molecular flexibility index (Phi) is 6.10. The van der Waals surface area contributed by atoms with Crippen molar-refractivity contribution in [3.8, 4) is 0 Å². The first-order valence-corrected chi connectivity index (χ1v) is 9.80. The molecule has 2 aromatic rings. The Labute approximate surface area is 175 Å². The monoisotopic (exact) mass is 410 g/mol. The Bertz CT molecular complexity index is 936. The number of ether oxygens (including phenoxy) is 1. The molecule has 30 heavy (non-hydrogen) atoms. The molecule has 0 fully saturated rings. The lowest BCUT2D eigenvalue weighted by molar-refractivity contribution is -0.143. The Morgan fingerprint density at radius 3 is 2.23 bits per heavy atom. The smallest absolute Gasteiger partial charge is 0.411 e. The summed E-state index contributed by atoms with van der Waals surface area (Å²) in [6.45, 7) is 5.49. The minimum Gasteiger partial charge on any atom is -0.479 e. The zero-order valence-electron chi connectivity index (χ0n) is 17.3. The third kappa shape index (κ3) is 4.97. The van der Waals surface area contributed by atoms with E-state index in [2.05, 4.69) is 5.32 Å². The summed E-state index contributed by atoms with van der Waals surface area (Å²) in [5.41, 5.74) is 1.62. The van der Waals surface area contributed by atoms with Crippen LogP contribution in [0.2, 0.25) is 0 Å². The van der Waals surface area contributed by atoms with Crippen molar-refractivity contribution in [1.82, 2.24) is 10.2 Å². The maximum absolute atomic E-state index is 13.2. The molecule has 7 nitrogen and oxygen atoms in total. The highest BCUT2D eigenvalue weighted by molar-refractivity contribution is 5.90. The number of carbonyl (C=O) groups is 3. The van der Waals surface area contributed by atoms with E-state index in [-0.39, 0.29) is 13.0 Å². The van der Waals surface area contributed by atoms with Crippen molar-refractivity contribution >= 4 is 18.0 Å². The molecule has 0 radical (unpaired) electrons. The second-order valence-corrected chi connectivity index (χ2v) is 8.29. The summed E-state index contributed by atoms with van der Waals surface area (Å²) >= 11 is 0. The van der Waals surface area contributed by atoms with Gasteiger partial charge in [0.1, 0.15) is 11.6 Å². The minimum atomic E-state index is -1.21. The third-order valence-corrected chi connectivity index (χ3v) is 4.85. The molecule has 0 saturated carbocycles. The van der Waals surface area contributed by atoms with E-state index >= 15 is 0 Å². The van der Waals surface area contributed by atoms with Gasteiger partial charge in [-0.1, -0.05) is 54.6 Å². The van der Waals surface area contributed by atoms with Crippen LogP contribution in [-0.2, 0) is 27.3 Å². The highest BCUT2D eigenvalue weighted by Gasteiger charge is 2.38. The van der Waals surface area contributed by atoms with Crippen LogP contribution >= 0.6 is 0 Å². The molecule has 2 aromatic carbocycles. The fraction of sp³-hybridized carbons (Fsp3) is 0.348. The van der Waals surface area contributed by atoms with Gasteiger partial charge in [-0.3, -0.25) is 9.69 Å². The Morgan fingerprint density at radius 2 is 1.63 bits per heavy atom. The number of hydrogen-bond donors (Lipinski definition) is 2. The molecule has 2 unspecified atom stereocenters. The lowest BCUT2D eigenvalue weighted by atomic mass is 9.93. The number of amides is 2. The third-order valence-electron chi connectivity index (χ3n) is 4.85. The molecule has 0 aromatic heterocycles. The van der Waals surface area contributed by atoms with Crippen LogP contribution in [0.25, 0.3) is 0 Å². The number of carboxylic acids is 1. The molecule has 1 aliphatic rings. The number of carbonyl (C=O) groups excluding carboxylic acids is 2. The average Bonchev–Trinajstić information content (AvgIpc) is 2.70. The van der Waals surface area contributed by atoms with Gasteiger partial charge < -0.3 is 15.2 Å². The van der Waals surface area contributed by atoms with Gasteiger partial charge in [-0.05, 0) is 37.5 Å². The molecule has 0 spiro atoms. The first kappa shape index (κ1) is 21.4.